The van der Waals surface area contributed by atoms with Crippen LogP contribution < -0.4 is 9.47 Å². The summed E-state index contributed by atoms with van der Waals surface area (Å²) >= 11 is 0. The highest BCUT2D eigenvalue weighted by Crippen LogP contribution is 2.36. The number of hydrogen-bond acceptors (Lipinski definition) is 4. The Balaban J connectivity index is 1.86. The van der Waals surface area contributed by atoms with Gasteiger partial charge in [0.15, 0.2) is 17.3 Å². The SMILES string of the molecule is CN1CCC(c2ccc3c(c2)OCO3)C(=O)C1. The minimum Gasteiger partial charge on any atom is -0.454 e. The number of hydrogen-bond donors (Lipinski definition) is 0. The van der Waals surface area contributed by atoms with E-state index in [4.69, 9.17) is 9.47 Å². The topological polar surface area (TPSA) is 38.8 Å². The van der Waals surface area contributed by atoms with Crippen molar-refractivity contribution >= 4 is 5.78 Å². The number of benzene rings is 1. The molecular weight excluding hydrogens is 218 g/mol. The third-order valence-corrected chi connectivity index (χ3v) is 3.41. The molecule has 1 saturated heterocycles. The lowest BCUT2D eigenvalue weighted by Gasteiger charge is -2.27. The molecule has 4 nitrogen and oxygen atoms in total. The van der Waals surface area contributed by atoms with Crippen LogP contribution in [0.1, 0.15) is 17.9 Å². The standard InChI is InChI=1S/C13H15NO3/c1-14-5-4-10(11(15)7-14)9-2-3-12-13(6-9)17-8-16-12/h2-3,6,10H,4-5,7-8H2,1H3. The highest BCUT2D eigenvalue weighted by molar-refractivity contribution is 5.88. The van der Waals surface area contributed by atoms with Gasteiger partial charge >= 0.3 is 0 Å². The summed E-state index contributed by atoms with van der Waals surface area (Å²) in [6, 6.07) is 5.81. The highest BCUT2D eigenvalue weighted by atomic mass is 16.7. The zero-order valence-corrected chi connectivity index (χ0v) is 9.81. The van der Waals surface area contributed by atoms with Gasteiger partial charge in [0.1, 0.15) is 0 Å². The molecule has 1 fully saturated rings. The first-order chi connectivity index (χ1) is 8.24. The molecule has 3 rings (SSSR count). The summed E-state index contributed by atoms with van der Waals surface area (Å²) in [5.41, 5.74) is 1.05. The Morgan fingerprint density at radius 3 is 2.94 bits per heavy atom. The first-order valence-electron chi connectivity index (χ1n) is 5.85. The number of fused-ring (bicyclic) bond motifs is 1. The van der Waals surface area contributed by atoms with Gasteiger partial charge in [-0.3, -0.25) is 9.69 Å². The number of nitrogens with zero attached hydrogens (tertiary/aromatic N) is 1. The minimum atomic E-state index is 0.0145. The normalized spacial score (nSPS) is 24.1. The van der Waals surface area contributed by atoms with E-state index < -0.39 is 0 Å². The molecule has 0 aliphatic carbocycles. The van der Waals surface area contributed by atoms with Crippen LogP contribution in [0.25, 0.3) is 0 Å². The smallest absolute Gasteiger partial charge is 0.231 e. The quantitative estimate of drug-likeness (QED) is 0.735. The Bertz CT molecular complexity index is 458. The van der Waals surface area contributed by atoms with Crippen LogP contribution in [-0.2, 0) is 4.79 Å². The molecule has 2 aliphatic heterocycles. The summed E-state index contributed by atoms with van der Waals surface area (Å²) in [6.45, 7) is 1.78. The van der Waals surface area contributed by atoms with E-state index in [9.17, 15) is 4.79 Å². The summed E-state index contributed by atoms with van der Waals surface area (Å²) in [4.78, 5) is 14.1. The number of likely N-dealkylation sites (tertiary alicyclic amines) is 1. The van der Waals surface area contributed by atoms with E-state index >= 15 is 0 Å². The molecule has 90 valence electrons. The molecule has 0 amide bonds. The summed E-state index contributed by atoms with van der Waals surface area (Å²) in [7, 11) is 1.98. The number of piperidine rings is 1. The van der Waals surface area contributed by atoms with Crippen molar-refractivity contribution in [3.8, 4) is 11.5 Å². The van der Waals surface area contributed by atoms with E-state index in [1.54, 1.807) is 0 Å². The van der Waals surface area contributed by atoms with Crippen molar-refractivity contribution in [2.75, 3.05) is 26.9 Å². The molecule has 0 bridgehead atoms. The lowest BCUT2D eigenvalue weighted by Crippen LogP contribution is -2.37. The van der Waals surface area contributed by atoms with E-state index in [2.05, 4.69) is 4.90 Å². The number of ketones is 1. The van der Waals surface area contributed by atoms with Gasteiger partial charge in [0.25, 0.3) is 0 Å². The van der Waals surface area contributed by atoms with Crippen LogP contribution in [0.5, 0.6) is 11.5 Å². The Morgan fingerprint density at radius 1 is 1.29 bits per heavy atom. The maximum Gasteiger partial charge on any atom is 0.231 e. The second-order valence-corrected chi connectivity index (χ2v) is 4.66. The lowest BCUT2D eigenvalue weighted by atomic mass is 9.88. The van der Waals surface area contributed by atoms with E-state index in [1.165, 1.54) is 0 Å². The van der Waals surface area contributed by atoms with Crippen LogP contribution in [0, 0.1) is 0 Å². The predicted octanol–water partition coefficient (Wildman–Crippen LogP) is 1.40. The van der Waals surface area contributed by atoms with Crippen LogP contribution in [0.15, 0.2) is 18.2 Å². The van der Waals surface area contributed by atoms with E-state index in [-0.39, 0.29) is 18.5 Å². The molecule has 0 aromatic heterocycles. The van der Waals surface area contributed by atoms with Gasteiger partial charge in [-0.1, -0.05) is 6.07 Å². The molecule has 1 atom stereocenters. The van der Waals surface area contributed by atoms with Gasteiger partial charge in [0.05, 0.1) is 6.54 Å². The Morgan fingerprint density at radius 2 is 2.12 bits per heavy atom. The Labute approximate surface area is 100 Å². The van der Waals surface area contributed by atoms with Gasteiger partial charge in [-0.15, -0.1) is 0 Å². The largest absolute Gasteiger partial charge is 0.454 e. The van der Waals surface area contributed by atoms with E-state index in [0.29, 0.717) is 6.54 Å². The maximum atomic E-state index is 12.0. The molecule has 0 radical (unpaired) electrons. The van der Waals surface area contributed by atoms with E-state index in [1.807, 2.05) is 25.2 Å². The Kier molecular flexibility index (Phi) is 2.52. The monoisotopic (exact) mass is 233 g/mol. The molecule has 2 aliphatic rings. The van der Waals surface area contributed by atoms with Gasteiger partial charge in [0, 0.05) is 5.92 Å². The van der Waals surface area contributed by atoms with Crippen LogP contribution >= 0.6 is 0 Å². The van der Waals surface area contributed by atoms with Crippen molar-refractivity contribution in [1.82, 2.24) is 4.90 Å². The summed E-state index contributed by atoms with van der Waals surface area (Å²) in [6.07, 6.45) is 0.884. The lowest BCUT2D eigenvalue weighted by molar-refractivity contribution is -0.123. The van der Waals surface area contributed by atoms with Gasteiger partial charge in [0.2, 0.25) is 6.79 Å². The number of carbonyl (C=O) groups is 1. The molecule has 1 aromatic rings. The van der Waals surface area contributed by atoms with Crippen molar-refractivity contribution in [2.24, 2.45) is 0 Å². The molecule has 0 saturated carbocycles. The minimum absolute atomic E-state index is 0.0145. The number of likely N-dealkylation sites (N-methyl/N-ethyl adjacent to an activating group) is 1. The summed E-state index contributed by atoms with van der Waals surface area (Å²) < 4.78 is 10.6. The number of ether oxygens (including phenoxy) is 2. The fourth-order valence-electron chi connectivity index (χ4n) is 2.45. The molecule has 4 heteroatoms. The molecule has 2 heterocycles. The third kappa shape index (κ3) is 1.89. The summed E-state index contributed by atoms with van der Waals surface area (Å²) in [5, 5.41) is 0. The molecular formula is C13H15NO3. The average Bonchev–Trinajstić information content (AvgIpc) is 2.75. The zero-order chi connectivity index (χ0) is 11.8. The summed E-state index contributed by atoms with van der Waals surface area (Å²) in [5.74, 6) is 1.83. The van der Waals surface area contributed by atoms with Gasteiger partial charge in [-0.2, -0.15) is 0 Å². The molecule has 17 heavy (non-hydrogen) atoms. The molecule has 0 spiro atoms. The van der Waals surface area contributed by atoms with Crippen LogP contribution in [-0.4, -0.2) is 37.6 Å². The predicted molar refractivity (Wildman–Crippen MR) is 62.4 cm³/mol. The maximum absolute atomic E-state index is 12.0. The molecule has 1 unspecified atom stereocenters. The van der Waals surface area contributed by atoms with Gasteiger partial charge in [-0.25, -0.2) is 0 Å². The first-order valence-corrected chi connectivity index (χ1v) is 5.85. The van der Waals surface area contributed by atoms with Gasteiger partial charge in [-0.05, 0) is 37.7 Å². The average molecular weight is 233 g/mol. The number of carbonyl (C=O) groups excluding carboxylic acids is 1. The fraction of sp³-hybridized carbons (Fsp3) is 0.462. The second kappa shape index (κ2) is 4.04. The van der Waals surface area contributed by atoms with Crippen LogP contribution in [0.2, 0.25) is 0 Å². The Hall–Kier alpha value is -1.55. The highest BCUT2D eigenvalue weighted by Gasteiger charge is 2.27. The molecule has 1 aromatic carbocycles. The van der Waals surface area contributed by atoms with Crippen molar-refractivity contribution < 1.29 is 14.3 Å². The van der Waals surface area contributed by atoms with Crippen LogP contribution in [0.3, 0.4) is 0 Å². The molecule has 0 N–H and O–H groups in total. The van der Waals surface area contributed by atoms with Crippen molar-refractivity contribution in [1.29, 1.82) is 0 Å². The zero-order valence-electron chi connectivity index (χ0n) is 9.81. The number of rotatable bonds is 1. The first kappa shape index (κ1) is 10.6. The van der Waals surface area contributed by atoms with Crippen molar-refractivity contribution in [2.45, 2.75) is 12.3 Å². The van der Waals surface area contributed by atoms with Crippen LogP contribution in [0.4, 0.5) is 0 Å². The fourth-order valence-corrected chi connectivity index (χ4v) is 2.45. The third-order valence-electron chi connectivity index (χ3n) is 3.41. The van der Waals surface area contributed by atoms with Gasteiger partial charge < -0.3 is 9.47 Å². The second-order valence-electron chi connectivity index (χ2n) is 4.66. The van der Waals surface area contributed by atoms with E-state index in [0.717, 1.165) is 30.0 Å². The van der Waals surface area contributed by atoms with Crippen molar-refractivity contribution in [3.05, 3.63) is 23.8 Å². The number of Topliss-reactive ketones (excluding diaryl/α,β-unsaturated/α-hetero) is 1. The van der Waals surface area contributed by atoms with Crippen molar-refractivity contribution in [3.63, 3.8) is 0 Å².